The lowest BCUT2D eigenvalue weighted by molar-refractivity contribution is -0.141. The van der Waals surface area contributed by atoms with Crippen molar-refractivity contribution < 1.29 is 14.3 Å². The molecule has 0 aromatic heterocycles. The molecule has 0 aromatic carbocycles. The van der Waals surface area contributed by atoms with Crippen LogP contribution in [-0.4, -0.2) is 31.5 Å². The zero-order valence-electron chi connectivity index (χ0n) is 6.87. The van der Waals surface area contributed by atoms with Gasteiger partial charge in [0.05, 0.1) is 18.5 Å². The number of ether oxygens (including phenoxy) is 2. The van der Waals surface area contributed by atoms with Gasteiger partial charge in [0, 0.05) is 13.5 Å². The Morgan fingerprint density at radius 2 is 2.27 bits per heavy atom. The summed E-state index contributed by atoms with van der Waals surface area (Å²) < 4.78 is 9.72. The maximum Gasteiger partial charge on any atom is 0.315 e. The number of carbonyl (C=O) groups excluding carboxylic acids is 1. The molecular weight excluding hydrogens is 164 g/mol. The van der Waals surface area contributed by atoms with E-state index in [2.05, 4.69) is 12.6 Å². The molecular formula is C7H14O3S. The molecule has 0 aliphatic carbocycles. The third-order valence-electron chi connectivity index (χ3n) is 1.32. The molecule has 0 aliphatic heterocycles. The molecule has 0 aromatic rings. The van der Waals surface area contributed by atoms with Crippen LogP contribution in [-0.2, 0) is 14.3 Å². The average Bonchev–Trinajstić information content (AvgIpc) is 2.04. The number of hydrogen-bond acceptors (Lipinski definition) is 4. The highest BCUT2D eigenvalue weighted by molar-refractivity contribution is 7.81. The maximum atomic E-state index is 10.5. The predicted molar refractivity (Wildman–Crippen MR) is 45.9 cm³/mol. The minimum Gasteiger partial charge on any atom is -0.465 e. The highest BCUT2D eigenvalue weighted by atomic mass is 32.1. The fraction of sp³-hybridized carbons (Fsp3) is 0.857. The van der Waals surface area contributed by atoms with Crippen LogP contribution in [0.1, 0.15) is 13.3 Å². The van der Waals surface area contributed by atoms with E-state index < -0.39 is 0 Å². The van der Waals surface area contributed by atoms with E-state index in [1.165, 1.54) is 0 Å². The molecule has 0 fully saturated rings. The number of carbonyl (C=O) groups is 1. The molecule has 0 saturated heterocycles. The van der Waals surface area contributed by atoms with Gasteiger partial charge in [0.2, 0.25) is 0 Å². The van der Waals surface area contributed by atoms with Crippen molar-refractivity contribution in [2.75, 3.05) is 19.5 Å². The third-order valence-corrected chi connectivity index (χ3v) is 1.58. The minimum absolute atomic E-state index is 0.140. The summed E-state index contributed by atoms with van der Waals surface area (Å²) >= 11 is 3.76. The molecule has 1 atom stereocenters. The van der Waals surface area contributed by atoms with Crippen LogP contribution in [0.5, 0.6) is 0 Å². The summed E-state index contributed by atoms with van der Waals surface area (Å²) in [6.07, 6.45) is 0.874. The van der Waals surface area contributed by atoms with E-state index in [9.17, 15) is 4.79 Å². The van der Waals surface area contributed by atoms with Crippen LogP contribution < -0.4 is 0 Å². The fourth-order valence-electron chi connectivity index (χ4n) is 0.502. The topological polar surface area (TPSA) is 35.5 Å². The fourth-order valence-corrected chi connectivity index (χ4v) is 0.594. The van der Waals surface area contributed by atoms with Gasteiger partial charge in [-0.05, 0) is 6.92 Å². The van der Waals surface area contributed by atoms with Gasteiger partial charge in [-0.2, -0.15) is 12.6 Å². The molecule has 0 amide bonds. The van der Waals surface area contributed by atoms with Crippen LogP contribution in [0.2, 0.25) is 0 Å². The highest BCUT2D eigenvalue weighted by Gasteiger charge is 2.01. The monoisotopic (exact) mass is 178 g/mol. The van der Waals surface area contributed by atoms with E-state index in [-0.39, 0.29) is 17.8 Å². The highest BCUT2D eigenvalue weighted by Crippen LogP contribution is 1.95. The zero-order chi connectivity index (χ0) is 8.69. The number of hydrogen-bond donors (Lipinski definition) is 1. The molecule has 0 aliphatic rings. The Morgan fingerprint density at radius 3 is 2.73 bits per heavy atom. The first-order chi connectivity index (χ1) is 5.20. The van der Waals surface area contributed by atoms with Gasteiger partial charge >= 0.3 is 5.97 Å². The number of thiol groups is 1. The van der Waals surface area contributed by atoms with Gasteiger partial charge in [-0.25, -0.2) is 0 Å². The molecule has 0 spiro atoms. The van der Waals surface area contributed by atoms with Crippen molar-refractivity contribution in [1.29, 1.82) is 0 Å². The molecule has 0 N–H and O–H groups in total. The smallest absolute Gasteiger partial charge is 0.315 e. The standard InChI is InChI=1S/C7H14O3S/c1-6(9-2)3-4-10-7(8)5-11/h6,11H,3-5H2,1-2H3/t6-/m0/s1. The van der Waals surface area contributed by atoms with Crippen molar-refractivity contribution >= 4 is 18.6 Å². The molecule has 0 heterocycles. The number of rotatable bonds is 5. The molecule has 0 rings (SSSR count). The number of methoxy groups -OCH3 is 1. The lowest BCUT2D eigenvalue weighted by Crippen LogP contribution is -2.13. The lowest BCUT2D eigenvalue weighted by atomic mass is 10.3. The van der Waals surface area contributed by atoms with Crippen LogP contribution in [0.25, 0.3) is 0 Å². The summed E-state index contributed by atoms with van der Waals surface area (Å²) in [5.41, 5.74) is 0. The molecule has 66 valence electrons. The molecule has 0 unspecified atom stereocenters. The van der Waals surface area contributed by atoms with Gasteiger partial charge in [0.1, 0.15) is 0 Å². The zero-order valence-corrected chi connectivity index (χ0v) is 7.77. The lowest BCUT2D eigenvalue weighted by Gasteiger charge is -2.08. The van der Waals surface area contributed by atoms with E-state index >= 15 is 0 Å². The van der Waals surface area contributed by atoms with Gasteiger partial charge in [0.15, 0.2) is 0 Å². The molecule has 4 heteroatoms. The second-order valence-corrected chi connectivity index (χ2v) is 2.53. The van der Waals surface area contributed by atoms with Gasteiger partial charge in [0.25, 0.3) is 0 Å². The van der Waals surface area contributed by atoms with Gasteiger partial charge in [-0.3, -0.25) is 4.79 Å². The minimum atomic E-state index is -0.281. The largest absolute Gasteiger partial charge is 0.465 e. The van der Waals surface area contributed by atoms with Crippen LogP contribution in [0.15, 0.2) is 0 Å². The van der Waals surface area contributed by atoms with E-state index in [1.54, 1.807) is 7.11 Å². The summed E-state index contributed by atoms with van der Waals surface area (Å²) in [7, 11) is 1.63. The maximum absolute atomic E-state index is 10.5. The van der Waals surface area contributed by atoms with Crippen molar-refractivity contribution in [3.8, 4) is 0 Å². The van der Waals surface area contributed by atoms with Crippen molar-refractivity contribution in [2.45, 2.75) is 19.4 Å². The average molecular weight is 178 g/mol. The van der Waals surface area contributed by atoms with E-state index in [0.29, 0.717) is 6.61 Å². The second kappa shape index (κ2) is 6.49. The summed E-state index contributed by atoms with van der Waals surface area (Å²) in [5.74, 6) is -0.141. The summed E-state index contributed by atoms with van der Waals surface area (Å²) in [6, 6.07) is 0. The second-order valence-electron chi connectivity index (χ2n) is 2.21. The Kier molecular flexibility index (Phi) is 6.36. The first-order valence-electron chi connectivity index (χ1n) is 3.50. The van der Waals surface area contributed by atoms with Crippen molar-refractivity contribution in [3.05, 3.63) is 0 Å². The van der Waals surface area contributed by atoms with Crippen molar-refractivity contribution in [3.63, 3.8) is 0 Å². The first-order valence-corrected chi connectivity index (χ1v) is 4.13. The van der Waals surface area contributed by atoms with Gasteiger partial charge in [-0.1, -0.05) is 0 Å². The first kappa shape index (κ1) is 10.8. The van der Waals surface area contributed by atoms with Crippen LogP contribution in [0, 0.1) is 0 Å². The Hall–Kier alpha value is -0.220. The normalized spacial score (nSPS) is 12.6. The molecule has 0 bridgehead atoms. The summed E-state index contributed by atoms with van der Waals surface area (Å²) in [4.78, 5) is 10.5. The van der Waals surface area contributed by atoms with Gasteiger partial charge in [-0.15, -0.1) is 0 Å². The quantitative estimate of drug-likeness (QED) is 0.501. The Balaban J connectivity index is 3.20. The van der Waals surface area contributed by atoms with E-state index in [1.807, 2.05) is 6.92 Å². The summed E-state index contributed by atoms with van der Waals surface area (Å²) in [6.45, 7) is 2.34. The molecule has 11 heavy (non-hydrogen) atoms. The summed E-state index contributed by atoms with van der Waals surface area (Å²) in [5, 5.41) is 0. The number of esters is 1. The SMILES string of the molecule is CO[C@@H](C)CCOC(=O)CS. The van der Waals surface area contributed by atoms with Crippen LogP contribution in [0.4, 0.5) is 0 Å². The predicted octanol–water partition coefficient (Wildman–Crippen LogP) is 0.884. The van der Waals surface area contributed by atoms with E-state index in [0.717, 1.165) is 6.42 Å². The van der Waals surface area contributed by atoms with Gasteiger partial charge < -0.3 is 9.47 Å². The Morgan fingerprint density at radius 1 is 1.64 bits per heavy atom. The molecule has 0 saturated carbocycles. The molecule has 3 nitrogen and oxygen atoms in total. The van der Waals surface area contributed by atoms with Crippen molar-refractivity contribution in [2.24, 2.45) is 0 Å². The molecule has 0 radical (unpaired) electrons. The third kappa shape index (κ3) is 6.19. The van der Waals surface area contributed by atoms with Crippen LogP contribution in [0.3, 0.4) is 0 Å². The Labute approximate surface area is 72.5 Å². The van der Waals surface area contributed by atoms with Crippen LogP contribution >= 0.6 is 12.6 Å². The Bertz CT molecular complexity index is 116. The van der Waals surface area contributed by atoms with Crippen molar-refractivity contribution in [1.82, 2.24) is 0 Å². The van der Waals surface area contributed by atoms with E-state index in [4.69, 9.17) is 9.47 Å².